The molecule has 0 fully saturated rings. The zero-order valence-electron chi connectivity index (χ0n) is 12.7. The van der Waals surface area contributed by atoms with Gasteiger partial charge in [0, 0.05) is 25.2 Å². The highest BCUT2D eigenvalue weighted by atomic mass is 16.6. The van der Waals surface area contributed by atoms with Crippen LogP contribution in [0.3, 0.4) is 0 Å². The van der Waals surface area contributed by atoms with E-state index in [1.165, 1.54) is 0 Å². The van der Waals surface area contributed by atoms with Gasteiger partial charge in [-0.3, -0.25) is 15.1 Å². The van der Waals surface area contributed by atoms with Crippen molar-refractivity contribution in [2.45, 2.75) is 33.1 Å². The maximum atomic E-state index is 10.5. The fraction of sp³-hybridized carbons (Fsp3) is 0.533. The largest absolute Gasteiger partial charge is 0.370 e. The molecule has 0 heterocycles. The van der Waals surface area contributed by atoms with Crippen molar-refractivity contribution in [1.29, 1.82) is 0 Å². The zero-order valence-corrected chi connectivity index (χ0v) is 12.7. The highest BCUT2D eigenvalue weighted by Gasteiger charge is 2.03. The summed E-state index contributed by atoms with van der Waals surface area (Å²) < 4.78 is 0. The van der Waals surface area contributed by atoms with Crippen LogP contribution >= 0.6 is 0 Å². The molecule has 0 bridgehead atoms. The smallest absolute Gasteiger partial charge is 0.269 e. The number of nitro groups is 1. The van der Waals surface area contributed by atoms with Crippen LogP contribution in [-0.4, -0.2) is 24.0 Å². The van der Waals surface area contributed by atoms with Gasteiger partial charge in [-0.2, -0.15) is 0 Å². The first kappa shape index (κ1) is 16.9. The molecule has 0 spiro atoms. The van der Waals surface area contributed by atoms with Gasteiger partial charge in [-0.1, -0.05) is 26.0 Å². The third-order valence-electron chi connectivity index (χ3n) is 2.97. The first-order chi connectivity index (χ1) is 9.99. The summed E-state index contributed by atoms with van der Waals surface area (Å²) in [6.45, 7) is 5.73. The Balaban J connectivity index is 2.19. The molecule has 21 heavy (non-hydrogen) atoms. The number of non-ortho nitro benzene ring substituents is 1. The number of benzene rings is 1. The van der Waals surface area contributed by atoms with E-state index in [1.54, 1.807) is 12.1 Å². The van der Waals surface area contributed by atoms with Gasteiger partial charge >= 0.3 is 0 Å². The summed E-state index contributed by atoms with van der Waals surface area (Å²) in [5.74, 6) is 1.01. The molecule has 0 aliphatic heterocycles. The maximum Gasteiger partial charge on any atom is 0.269 e. The summed E-state index contributed by atoms with van der Waals surface area (Å²) in [7, 11) is 0. The van der Waals surface area contributed by atoms with Crippen LogP contribution in [-0.2, 0) is 6.42 Å². The molecule has 0 aromatic heterocycles. The fourth-order valence-electron chi connectivity index (χ4n) is 1.79. The van der Waals surface area contributed by atoms with Gasteiger partial charge in [0.05, 0.1) is 4.92 Å². The second-order valence-corrected chi connectivity index (χ2v) is 5.43. The molecule has 0 amide bonds. The molecule has 1 aromatic rings. The number of hydrogen-bond donors (Lipinski definition) is 2. The van der Waals surface area contributed by atoms with Crippen LogP contribution in [0.5, 0.6) is 0 Å². The van der Waals surface area contributed by atoms with E-state index in [4.69, 9.17) is 5.73 Å². The summed E-state index contributed by atoms with van der Waals surface area (Å²) in [6, 6.07) is 6.71. The number of nitro benzene ring substituents is 1. The van der Waals surface area contributed by atoms with E-state index in [-0.39, 0.29) is 10.6 Å². The molecule has 0 saturated carbocycles. The van der Waals surface area contributed by atoms with Crippen LogP contribution in [0.25, 0.3) is 0 Å². The summed E-state index contributed by atoms with van der Waals surface area (Å²) in [6.07, 6.45) is 2.89. The number of nitrogens with zero attached hydrogens (tertiary/aromatic N) is 2. The van der Waals surface area contributed by atoms with E-state index in [0.29, 0.717) is 11.9 Å². The number of nitrogens with one attached hydrogen (secondary N) is 1. The predicted molar refractivity (Wildman–Crippen MR) is 85.4 cm³/mol. The molecule has 3 N–H and O–H groups in total. The minimum Gasteiger partial charge on any atom is -0.370 e. The molecule has 0 radical (unpaired) electrons. The quantitative estimate of drug-likeness (QED) is 0.253. The van der Waals surface area contributed by atoms with Crippen molar-refractivity contribution in [2.24, 2.45) is 16.6 Å². The zero-order chi connectivity index (χ0) is 15.7. The Bertz CT molecular complexity index is 469. The Hall–Kier alpha value is -2.11. The Morgan fingerprint density at radius 3 is 2.57 bits per heavy atom. The topological polar surface area (TPSA) is 93.5 Å². The number of hydrogen-bond acceptors (Lipinski definition) is 3. The number of aryl methyl sites for hydroxylation is 1. The number of unbranched alkanes of at least 4 members (excludes halogenated alkanes) is 1. The monoisotopic (exact) mass is 292 g/mol. The SMILES string of the molecule is CC(C)CN=C(N)NCCCCc1ccc([N+](=O)[O-])cc1. The lowest BCUT2D eigenvalue weighted by Crippen LogP contribution is -2.32. The van der Waals surface area contributed by atoms with Crippen molar-refractivity contribution in [3.63, 3.8) is 0 Å². The number of guanidine groups is 1. The van der Waals surface area contributed by atoms with Gasteiger partial charge in [-0.25, -0.2) is 0 Å². The Kier molecular flexibility index (Phi) is 7.21. The average molecular weight is 292 g/mol. The summed E-state index contributed by atoms with van der Waals surface area (Å²) in [5.41, 5.74) is 6.98. The molecule has 116 valence electrons. The maximum absolute atomic E-state index is 10.5. The van der Waals surface area contributed by atoms with Crippen LogP contribution in [0.4, 0.5) is 5.69 Å². The molecular weight excluding hydrogens is 268 g/mol. The molecule has 0 unspecified atom stereocenters. The molecule has 0 saturated heterocycles. The van der Waals surface area contributed by atoms with Crippen LogP contribution < -0.4 is 11.1 Å². The molecule has 6 heteroatoms. The lowest BCUT2D eigenvalue weighted by atomic mass is 10.1. The summed E-state index contributed by atoms with van der Waals surface area (Å²) in [4.78, 5) is 14.4. The Morgan fingerprint density at radius 2 is 2.00 bits per heavy atom. The lowest BCUT2D eigenvalue weighted by Gasteiger charge is -2.06. The minimum atomic E-state index is -0.382. The molecule has 1 aromatic carbocycles. The fourth-order valence-corrected chi connectivity index (χ4v) is 1.79. The minimum absolute atomic E-state index is 0.134. The van der Waals surface area contributed by atoms with E-state index < -0.39 is 0 Å². The summed E-state index contributed by atoms with van der Waals surface area (Å²) >= 11 is 0. The molecule has 0 aliphatic carbocycles. The van der Waals surface area contributed by atoms with Gasteiger partial charge in [0.15, 0.2) is 5.96 Å². The van der Waals surface area contributed by atoms with Crippen molar-refractivity contribution in [3.05, 3.63) is 39.9 Å². The van der Waals surface area contributed by atoms with Crippen molar-refractivity contribution in [2.75, 3.05) is 13.1 Å². The van der Waals surface area contributed by atoms with Gasteiger partial charge in [0.2, 0.25) is 0 Å². The standard InChI is InChI=1S/C15H24N4O2/c1-12(2)11-18-15(16)17-10-4-3-5-13-6-8-14(9-7-13)19(20)21/h6-9,12H,3-5,10-11H2,1-2H3,(H3,16,17,18). The second kappa shape index (κ2) is 8.94. The average Bonchev–Trinajstić information content (AvgIpc) is 2.45. The Labute approximate surface area is 125 Å². The molecular formula is C15H24N4O2. The normalized spacial score (nSPS) is 11.7. The highest BCUT2D eigenvalue weighted by Crippen LogP contribution is 2.13. The van der Waals surface area contributed by atoms with Crippen LogP contribution in [0, 0.1) is 16.0 Å². The van der Waals surface area contributed by atoms with Gasteiger partial charge in [0.25, 0.3) is 5.69 Å². The molecule has 1 rings (SSSR count). The highest BCUT2D eigenvalue weighted by molar-refractivity contribution is 5.77. The van der Waals surface area contributed by atoms with Gasteiger partial charge in [-0.15, -0.1) is 0 Å². The number of nitrogens with two attached hydrogens (primary N) is 1. The van der Waals surface area contributed by atoms with E-state index in [0.717, 1.165) is 37.9 Å². The first-order valence-electron chi connectivity index (χ1n) is 7.26. The van der Waals surface area contributed by atoms with Crippen molar-refractivity contribution in [1.82, 2.24) is 5.32 Å². The third-order valence-corrected chi connectivity index (χ3v) is 2.97. The lowest BCUT2D eigenvalue weighted by molar-refractivity contribution is -0.384. The van der Waals surface area contributed by atoms with Crippen molar-refractivity contribution < 1.29 is 4.92 Å². The van der Waals surface area contributed by atoms with E-state index in [1.807, 2.05) is 12.1 Å². The van der Waals surface area contributed by atoms with Crippen LogP contribution in [0.15, 0.2) is 29.3 Å². The molecule has 0 aliphatic rings. The summed E-state index contributed by atoms with van der Waals surface area (Å²) in [5, 5.41) is 13.6. The van der Waals surface area contributed by atoms with Crippen molar-refractivity contribution in [3.8, 4) is 0 Å². The predicted octanol–water partition coefficient (Wildman–Crippen LogP) is 2.48. The number of rotatable bonds is 8. The Morgan fingerprint density at radius 1 is 1.33 bits per heavy atom. The van der Waals surface area contributed by atoms with Gasteiger partial charge < -0.3 is 11.1 Å². The molecule has 0 atom stereocenters. The van der Waals surface area contributed by atoms with Crippen molar-refractivity contribution >= 4 is 11.6 Å². The van der Waals surface area contributed by atoms with Crippen LogP contribution in [0.1, 0.15) is 32.3 Å². The van der Waals surface area contributed by atoms with E-state index >= 15 is 0 Å². The van der Waals surface area contributed by atoms with E-state index in [2.05, 4.69) is 24.2 Å². The van der Waals surface area contributed by atoms with Gasteiger partial charge in [0.1, 0.15) is 0 Å². The second-order valence-electron chi connectivity index (χ2n) is 5.43. The molecule has 6 nitrogen and oxygen atoms in total. The van der Waals surface area contributed by atoms with Crippen LogP contribution in [0.2, 0.25) is 0 Å². The third kappa shape index (κ3) is 7.29. The first-order valence-corrected chi connectivity index (χ1v) is 7.26. The van der Waals surface area contributed by atoms with E-state index in [9.17, 15) is 10.1 Å². The van der Waals surface area contributed by atoms with Gasteiger partial charge in [-0.05, 0) is 30.7 Å². The number of aliphatic imine (C=N–C) groups is 1.